The second kappa shape index (κ2) is 64.7. The Morgan fingerprint density at radius 2 is 0.833 bits per heavy atom. The number of hydrogen-bond acceptors (Lipinski definition) is 1. The third-order valence-electron chi connectivity index (χ3n) is 3.54. The summed E-state index contributed by atoms with van der Waals surface area (Å²) in [6.07, 6.45) is 6.51. The van der Waals surface area contributed by atoms with Crippen molar-refractivity contribution in [3.63, 3.8) is 0 Å². The first kappa shape index (κ1) is 69.5. The predicted octanol–water partition coefficient (Wildman–Crippen LogP) is 12.8. The Morgan fingerprint density at radius 3 is 1.10 bits per heavy atom. The Balaban J connectivity index is -0.0000000376. The van der Waals surface area contributed by atoms with Gasteiger partial charge in [0.15, 0.2) is 0 Å². The summed E-state index contributed by atoms with van der Waals surface area (Å²) in [5, 5.41) is 0. The molecule has 0 fully saturated rings. The number of para-hydroxylation sites is 1. The Hall–Kier alpha value is 0.772. The molecule has 3 aromatic carbocycles. The number of benzene rings is 3. The molecule has 0 bridgehead atoms. The molecule has 4 heteroatoms. The van der Waals surface area contributed by atoms with Crippen LogP contribution in [0.1, 0.15) is 85.3 Å². The Kier molecular flexibility index (Phi) is 107. The van der Waals surface area contributed by atoms with Crippen LogP contribution in [0.25, 0.3) is 0 Å². The minimum absolute atomic E-state index is 0. The van der Waals surface area contributed by atoms with Crippen LogP contribution in [0.2, 0.25) is 0 Å². The van der Waals surface area contributed by atoms with E-state index >= 15 is 0 Å². The largest absolute Gasteiger partial charge is 0.494 e. The molecular weight excluding hydrogens is 739 g/mol. The summed E-state index contributed by atoms with van der Waals surface area (Å²) in [5.74, 6) is 0.962. The summed E-state index contributed by atoms with van der Waals surface area (Å²) in [5.41, 5.74) is 2.77. The average Bonchev–Trinajstić information content (AvgIpc) is 2.87. The van der Waals surface area contributed by atoms with Gasteiger partial charge in [-0.15, -0.1) is 0 Å². The maximum atomic E-state index is 5.36. The van der Waals surface area contributed by atoms with Crippen LogP contribution in [-0.4, -0.2) is 6.61 Å². The van der Waals surface area contributed by atoms with E-state index in [0.717, 1.165) is 38.0 Å². The van der Waals surface area contributed by atoms with E-state index < -0.39 is 0 Å². The maximum absolute atomic E-state index is 5.36. The Bertz CT molecular complexity index is 703. The van der Waals surface area contributed by atoms with Crippen molar-refractivity contribution in [2.75, 3.05) is 6.61 Å². The molecule has 0 saturated heterocycles. The predicted molar refractivity (Wildman–Crippen MR) is 187 cm³/mol. The van der Waals surface area contributed by atoms with E-state index in [4.69, 9.17) is 4.74 Å². The first-order valence-electron chi connectivity index (χ1n) is 13.1. The van der Waals surface area contributed by atoms with E-state index in [-0.39, 0.29) is 128 Å². The molecular formula is C38H66OY3-6. The molecule has 0 N–H and O–H groups in total. The zero-order chi connectivity index (χ0) is 27.0. The van der Waals surface area contributed by atoms with Crippen molar-refractivity contribution < 1.29 is 103 Å². The summed E-state index contributed by atoms with van der Waals surface area (Å²) < 4.78 is 5.36. The molecule has 42 heavy (non-hydrogen) atoms. The van der Waals surface area contributed by atoms with Crippen molar-refractivity contribution >= 4 is 0 Å². The van der Waals surface area contributed by atoms with Gasteiger partial charge in [-0.3, -0.25) is 0 Å². The van der Waals surface area contributed by atoms with Crippen LogP contribution < -0.4 is 4.74 Å². The van der Waals surface area contributed by atoms with Crippen molar-refractivity contribution in [3.8, 4) is 5.75 Å². The van der Waals surface area contributed by atoms with Crippen molar-refractivity contribution in [1.82, 2.24) is 0 Å². The van der Waals surface area contributed by atoms with E-state index in [1.165, 1.54) is 24.0 Å². The quantitative estimate of drug-likeness (QED) is 0.233. The number of rotatable bonds is 5. The van der Waals surface area contributed by atoms with Crippen LogP contribution in [0.3, 0.4) is 0 Å². The summed E-state index contributed by atoms with van der Waals surface area (Å²) >= 11 is 0. The topological polar surface area (TPSA) is 9.23 Å². The first-order valence-corrected chi connectivity index (χ1v) is 13.1. The zero-order valence-electron chi connectivity index (χ0n) is 28.4. The second-order valence-corrected chi connectivity index (χ2v) is 7.55. The molecule has 3 radical (unpaired) electrons. The van der Waals surface area contributed by atoms with Gasteiger partial charge >= 0.3 is 0 Å². The minimum Gasteiger partial charge on any atom is -0.494 e. The van der Waals surface area contributed by atoms with E-state index in [1.807, 2.05) is 69.3 Å². The second-order valence-electron chi connectivity index (χ2n) is 7.55. The first-order chi connectivity index (χ1) is 17.0. The van der Waals surface area contributed by atoms with E-state index in [2.05, 4.69) is 84.0 Å². The summed E-state index contributed by atoms with van der Waals surface area (Å²) in [7, 11) is 0. The van der Waals surface area contributed by atoms with Crippen LogP contribution in [0.5, 0.6) is 5.75 Å². The Morgan fingerprint density at radius 1 is 0.524 bits per heavy atom. The molecule has 0 aliphatic heterocycles. The maximum Gasteiger partial charge on any atom is 0.119 e. The summed E-state index contributed by atoms with van der Waals surface area (Å²) in [6, 6.07) is 30.7. The number of hydrogen-bond donors (Lipinski definition) is 0. The van der Waals surface area contributed by atoms with Gasteiger partial charge < -0.3 is 47.8 Å². The van der Waals surface area contributed by atoms with E-state index in [9.17, 15) is 0 Å². The van der Waals surface area contributed by atoms with Gasteiger partial charge in [-0.1, -0.05) is 133 Å². The zero-order valence-corrected chi connectivity index (χ0v) is 36.9. The van der Waals surface area contributed by atoms with Gasteiger partial charge in [-0.05, 0) is 37.5 Å². The van der Waals surface area contributed by atoms with E-state index in [0.29, 0.717) is 0 Å². The summed E-state index contributed by atoms with van der Waals surface area (Å²) in [6.45, 7) is 23.7. The molecule has 0 spiro atoms. The number of ether oxygens (including phenoxy) is 1. The fourth-order valence-electron chi connectivity index (χ4n) is 2.20. The van der Waals surface area contributed by atoms with Crippen LogP contribution >= 0.6 is 0 Å². The standard InChI is InChI=1S/C9H12O.C9H12.C7H8.3C3H7.CH4.3CH3.3Y/c1-2-8-10-9-6-4-3-5-7-9;1-2-6-9-7-4-3-5-8-9;1-7-5-3-2-4-6-7;3*1-3-2;;;;;;;/h3-7H,2,8H2,1H3;3-5,7-8H,2,6H2,1H3;2-6H,1H3;3*1,3H2,2H3;1H4;3*1H3;;;/q;;;3*-1;;3*-1;;;. The SMILES string of the molecule is C.CCCOc1ccccc1.CCCc1ccccc1.Cc1ccccc1.[CH2-]CC.[CH2-]CC.[CH2-]CC.[CH3-].[CH3-].[CH3-].[Y].[Y].[Y]. The smallest absolute Gasteiger partial charge is 0.119 e. The molecule has 0 amide bonds. The van der Waals surface area contributed by atoms with Crippen LogP contribution in [0.4, 0.5) is 0 Å². The van der Waals surface area contributed by atoms with Crippen LogP contribution in [0, 0.1) is 50.0 Å². The Labute approximate surface area is 343 Å². The third-order valence-corrected chi connectivity index (χ3v) is 3.54. The molecule has 0 atom stereocenters. The van der Waals surface area contributed by atoms with Gasteiger partial charge in [-0.25, -0.2) is 0 Å². The van der Waals surface area contributed by atoms with Crippen molar-refractivity contribution in [1.29, 1.82) is 0 Å². The molecule has 0 saturated carbocycles. The summed E-state index contributed by atoms with van der Waals surface area (Å²) in [4.78, 5) is 0. The molecule has 1 nitrogen and oxygen atoms in total. The van der Waals surface area contributed by atoms with Crippen LogP contribution in [-0.2, 0) is 105 Å². The van der Waals surface area contributed by atoms with Gasteiger partial charge in [0.1, 0.15) is 5.75 Å². The number of aryl methyl sites for hydroxylation is 2. The molecule has 0 aliphatic carbocycles. The molecule has 239 valence electrons. The molecule has 0 aromatic heterocycles. The fraction of sp³-hybridized carbons (Fsp3) is 0.368. The van der Waals surface area contributed by atoms with Gasteiger partial charge in [0, 0.05) is 98.1 Å². The van der Waals surface area contributed by atoms with Crippen molar-refractivity contribution in [3.05, 3.63) is 145 Å². The fourth-order valence-corrected chi connectivity index (χ4v) is 2.20. The van der Waals surface area contributed by atoms with Gasteiger partial charge in [-0.2, -0.15) is 19.3 Å². The molecule has 3 rings (SSSR count). The minimum atomic E-state index is 0. The molecule has 0 heterocycles. The van der Waals surface area contributed by atoms with Crippen molar-refractivity contribution in [2.45, 2.75) is 87.5 Å². The van der Waals surface area contributed by atoms with E-state index in [1.54, 1.807) is 0 Å². The van der Waals surface area contributed by atoms with Gasteiger partial charge in [0.2, 0.25) is 0 Å². The molecule has 3 aromatic rings. The molecule has 0 aliphatic rings. The average molecular weight is 806 g/mol. The monoisotopic (exact) mass is 805 g/mol. The van der Waals surface area contributed by atoms with Gasteiger partial charge in [0.05, 0.1) is 6.61 Å². The van der Waals surface area contributed by atoms with Crippen LogP contribution in [0.15, 0.2) is 91.0 Å². The van der Waals surface area contributed by atoms with Gasteiger partial charge in [0.25, 0.3) is 0 Å². The normalized spacial score (nSPS) is 6.98. The third kappa shape index (κ3) is 63.9. The van der Waals surface area contributed by atoms with Crippen molar-refractivity contribution in [2.24, 2.45) is 0 Å². The molecule has 0 unspecified atom stereocenters.